The molecule has 6 heteroatoms. The van der Waals surface area contributed by atoms with Crippen LogP contribution >= 0.6 is 11.6 Å². The SMILES string of the molecule is Cn1cc(C(=O)Nc2ccc(Cl)cn2)c2ccccc2c1=O. The molecule has 0 aliphatic carbocycles. The number of carbonyl (C=O) groups excluding carboxylic acids is 1. The quantitative estimate of drug-likeness (QED) is 0.791. The van der Waals surface area contributed by atoms with E-state index in [2.05, 4.69) is 10.3 Å². The lowest BCUT2D eigenvalue weighted by Gasteiger charge is -2.09. The molecule has 3 rings (SSSR count). The summed E-state index contributed by atoms with van der Waals surface area (Å²) in [4.78, 5) is 28.6. The Hall–Kier alpha value is -2.66. The van der Waals surface area contributed by atoms with Crippen LogP contribution in [0.2, 0.25) is 5.02 Å². The number of carbonyl (C=O) groups is 1. The molecule has 1 amide bonds. The van der Waals surface area contributed by atoms with Gasteiger partial charge in [0, 0.05) is 30.2 Å². The molecule has 0 unspecified atom stereocenters. The van der Waals surface area contributed by atoms with Crippen LogP contribution in [0.25, 0.3) is 10.8 Å². The molecule has 0 aliphatic heterocycles. The Labute approximate surface area is 131 Å². The Kier molecular flexibility index (Phi) is 3.65. The molecule has 0 bridgehead atoms. The topological polar surface area (TPSA) is 64.0 Å². The number of nitrogens with one attached hydrogen (secondary N) is 1. The minimum absolute atomic E-state index is 0.142. The first kappa shape index (κ1) is 14.3. The molecule has 0 spiro atoms. The van der Waals surface area contributed by atoms with Crippen LogP contribution < -0.4 is 10.9 Å². The van der Waals surface area contributed by atoms with Crippen molar-refractivity contribution in [2.24, 2.45) is 7.05 Å². The Morgan fingerprint density at radius 3 is 2.59 bits per heavy atom. The highest BCUT2D eigenvalue weighted by atomic mass is 35.5. The molecule has 0 atom stereocenters. The molecule has 2 heterocycles. The lowest BCUT2D eigenvalue weighted by Crippen LogP contribution is -2.21. The van der Waals surface area contributed by atoms with Crippen LogP contribution in [-0.2, 0) is 7.05 Å². The molecule has 22 heavy (non-hydrogen) atoms. The molecule has 0 aliphatic rings. The molecule has 1 N–H and O–H groups in total. The maximum Gasteiger partial charge on any atom is 0.258 e. The molecule has 1 aromatic carbocycles. The number of hydrogen-bond donors (Lipinski definition) is 1. The van der Waals surface area contributed by atoms with E-state index in [-0.39, 0.29) is 11.5 Å². The van der Waals surface area contributed by atoms with Crippen LogP contribution in [0.15, 0.2) is 53.6 Å². The number of amides is 1. The standard InChI is InChI=1S/C16H12ClN3O2/c1-20-9-13(11-4-2-3-5-12(11)16(20)22)15(21)19-14-7-6-10(17)8-18-14/h2-9H,1H3,(H,18,19,21). The van der Waals surface area contributed by atoms with Crippen LogP contribution in [0.3, 0.4) is 0 Å². The number of fused-ring (bicyclic) bond motifs is 1. The fourth-order valence-electron chi connectivity index (χ4n) is 2.23. The Morgan fingerprint density at radius 1 is 1.18 bits per heavy atom. The average molecular weight is 314 g/mol. The third-order valence-electron chi connectivity index (χ3n) is 3.30. The van der Waals surface area contributed by atoms with Crippen LogP contribution in [0.5, 0.6) is 0 Å². The number of pyridine rings is 2. The van der Waals surface area contributed by atoms with Gasteiger partial charge in [0.15, 0.2) is 0 Å². The van der Waals surface area contributed by atoms with Crippen LogP contribution in [0, 0.1) is 0 Å². The van der Waals surface area contributed by atoms with Gasteiger partial charge in [0.05, 0.1) is 10.6 Å². The molecular weight excluding hydrogens is 302 g/mol. The van der Waals surface area contributed by atoms with Crippen molar-refractivity contribution < 1.29 is 4.79 Å². The summed E-state index contributed by atoms with van der Waals surface area (Å²) >= 11 is 5.77. The Balaban J connectivity index is 2.06. The summed E-state index contributed by atoms with van der Waals surface area (Å²) in [5.41, 5.74) is 0.270. The molecule has 0 fully saturated rings. The molecule has 0 saturated carbocycles. The third-order valence-corrected chi connectivity index (χ3v) is 3.53. The van der Waals surface area contributed by atoms with E-state index in [0.717, 1.165) is 0 Å². The zero-order valence-corrected chi connectivity index (χ0v) is 12.5. The number of halogens is 1. The Bertz CT molecular complexity index is 917. The van der Waals surface area contributed by atoms with Crippen molar-refractivity contribution >= 4 is 34.1 Å². The first-order valence-electron chi connectivity index (χ1n) is 6.57. The predicted molar refractivity (Wildman–Crippen MR) is 86.4 cm³/mol. The summed E-state index contributed by atoms with van der Waals surface area (Å²) in [6.07, 6.45) is 2.98. The fourth-order valence-corrected chi connectivity index (χ4v) is 2.34. The van der Waals surface area contributed by atoms with Gasteiger partial charge in [0.25, 0.3) is 11.5 Å². The molecule has 0 saturated heterocycles. The maximum atomic E-state index is 12.5. The van der Waals surface area contributed by atoms with Gasteiger partial charge in [-0.2, -0.15) is 0 Å². The summed E-state index contributed by atoms with van der Waals surface area (Å²) < 4.78 is 1.40. The Morgan fingerprint density at radius 2 is 1.91 bits per heavy atom. The first-order valence-corrected chi connectivity index (χ1v) is 6.95. The van der Waals surface area contributed by atoms with Gasteiger partial charge in [-0.1, -0.05) is 29.8 Å². The van der Waals surface area contributed by atoms with Crippen molar-refractivity contribution in [2.75, 3.05) is 5.32 Å². The molecule has 3 aromatic rings. The average Bonchev–Trinajstić information content (AvgIpc) is 2.53. The number of benzene rings is 1. The third kappa shape index (κ3) is 2.58. The molecule has 0 radical (unpaired) electrons. The molecular formula is C16H12ClN3O2. The zero-order chi connectivity index (χ0) is 15.7. The van der Waals surface area contributed by atoms with Gasteiger partial charge < -0.3 is 9.88 Å². The van der Waals surface area contributed by atoms with Gasteiger partial charge in [-0.05, 0) is 18.2 Å². The van der Waals surface area contributed by atoms with Crippen molar-refractivity contribution in [1.29, 1.82) is 0 Å². The highest BCUT2D eigenvalue weighted by Gasteiger charge is 2.14. The number of nitrogens with zero attached hydrogens (tertiary/aromatic N) is 2. The van der Waals surface area contributed by atoms with Gasteiger partial charge in [-0.25, -0.2) is 4.98 Å². The van der Waals surface area contributed by atoms with E-state index in [0.29, 0.717) is 27.2 Å². The van der Waals surface area contributed by atoms with Gasteiger partial charge in [-0.3, -0.25) is 9.59 Å². The van der Waals surface area contributed by atoms with E-state index in [4.69, 9.17) is 11.6 Å². The second-order valence-corrected chi connectivity index (χ2v) is 5.26. The maximum absolute atomic E-state index is 12.5. The van der Waals surface area contributed by atoms with Crippen LogP contribution in [-0.4, -0.2) is 15.5 Å². The van der Waals surface area contributed by atoms with E-state index < -0.39 is 0 Å². The summed E-state index contributed by atoms with van der Waals surface area (Å²) in [5.74, 6) is 0.0638. The smallest absolute Gasteiger partial charge is 0.258 e. The molecule has 2 aromatic heterocycles. The van der Waals surface area contributed by atoms with E-state index >= 15 is 0 Å². The highest BCUT2D eigenvalue weighted by Crippen LogP contribution is 2.17. The summed E-state index contributed by atoms with van der Waals surface area (Å²) in [7, 11) is 1.62. The second-order valence-electron chi connectivity index (χ2n) is 4.82. The minimum Gasteiger partial charge on any atom is -0.317 e. The number of anilines is 1. The zero-order valence-electron chi connectivity index (χ0n) is 11.7. The number of rotatable bonds is 2. The van der Waals surface area contributed by atoms with E-state index in [1.807, 2.05) is 0 Å². The summed E-state index contributed by atoms with van der Waals surface area (Å²) in [6.45, 7) is 0. The number of aromatic nitrogens is 2. The summed E-state index contributed by atoms with van der Waals surface area (Å²) in [6, 6.07) is 10.3. The van der Waals surface area contributed by atoms with Crippen LogP contribution in [0.1, 0.15) is 10.4 Å². The fraction of sp³-hybridized carbons (Fsp3) is 0.0625. The van der Waals surface area contributed by atoms with E-state index in [9.17, 15) is 9.59 Å². The van der Waals surface area contributed by atoms with Gasteiger partial charge in [0.2, 0.25) is 0 Å². The van der Waals surface area contributed by atoms with Crippen molar-refractivity contribution in [3.63, 3.8) is 0 Å². The predicted octanol–water partition coefficient (Wildman–Crippen LogP) is 2.84. The minimum atomic E-state index is -0.332. The van der Waals surface area contributed by atoms with Crippen molar-refractivity contribution in [3.05, 3.63) is 69.7 Å². The van der Waals surface area contributed by atoms with Gasteiger partial charge >= 0.3 is 0 Å². The first-order chi connectivity index (χ1) is 10.6. The summed E-state index contributed by atoms with van der Waals surface area (Å²) in [5, 5.41) is 4.30. The van der Waals surface area contributed by atoms with E-state index in [1.165, 1.54) is 17.0 Å². The van der Waals surface area contributed by atoms with Crippen LogP contribution in [0.4, 0.5) is 5.82 Å². The normalized spacial score (nSPS) is 10.6. The highest BCUT2D eigenvalue weighted by molar-refractivity contribution is 6.30. The van der Waals surface area contributed by atoms with Crippen molar-refractivity contribution in [2.45, 2.75) is 0 Å². The van der Waals surface area contributed by atoms with E-state index in [1.54, 1.807) is 43.4 Å². The number of aryl methyl sites for hydroxylation is 1. The monoisotopic (exact) mass is 313 g/mol. The number of hydrogen-bond acceptors (Lipinski definition) is 3. The van der Waals surface area contributed by atoms with Gasteiger partial charge in [0.1, 0.15) is 5.82 Å². The molecule has 110 valence electrons. The van der Waals surface area contributed by atoms with Crippen molar-refractivity contribution in [1.82, 2.24) is 9.55 Å². The lowest BCUT2D eigenvalue weighted by atomic mass is 10.1. The van der Waals surface area contributed by atoms with Crippen molar-refractivity contribution in [3.8, 4) is 0 Å². The lowest BCUT2D eigenvalue weighted by molar-refractivity contribution is 0.102. The molecule has 5 nitrogen and oxygen atoms in total. The second kappa shape index (κ2) is 5.61. The van der Waals surface area contributed by atoms with Gasteiger partial charge in [-0.15, -0.1) is 0 Å². The largest absolute Gasteiger partial charge is 0.317 e.